The van der Waals surface area contributed by atoms with Crippen LogP contribution in [0.25, 0.3) is 0 Å². The molecule has 1 saturated carbocycles. The average Bonchev–Trinajstić information content (AvgIpc) is 3.00. The fraction of sp³-hybridized carbons (Fsp3) is 0.455. The molecule has 0 aliphatic heterocycles. The summed E-state index contributed by atoms with van der Waals surface area (Å²) in [7, 11) is 0. The Labute approximate surface area is 87.3 Å². The Morgan fingerprint density at radius 1 is 1.36 bits per heavy atom. The zero-order valence-corrected chi connectivity index (χ0v) is 8.64. The molecular formula is C11H13FOS. The van der Waals surface area contributed by atoms with Crippen molar-refractivity contribution >= 4 is 11.8 Å². The van der Waals surface area contributed by atoms with E-state index >= 15 is 0 Å². The normalized spacial score (nSPS) is 18.1. The maximum absolute atomic E-state index is 12.6. The molecule has 0 bridgehead atoms. The Morgan fingerprint density at radius 3 is 2.57 bits per heavy atom. The van der Waals surface area contributed by atoms with E-state index in [9.17, 15) is 9.50 Å². The lowest BCUT2D eigenvalue weighted by Crippen LogP contribution is -2.11. The van der Waals surface area contributed by atoms with Crippen LogP contribution in [-0.2, 0) is 0 Å². The van der Waals surface area contributed by atoms with E-state index in [-0.39, 0.29) is 11.9 Å². The molecule has 1 nitrogen and oxygen atoms in total. The van der Waals surface area contributed by atoms with Gasteiger partial charge in [-0.05, 0) is 43.0 Å². The molecule has 1 atom stereocenters. The van der Waals surface area contributed by atoms with Crippen LogP contribution in [0.5, 0.6) is 0 Å². The summed E-state index contributed by atoms with van der Waals surface area (Å²) in [5.41, 5.74) is 0. The largest absolute Gasteiger partial charge is 0.392 e. The zero-order chi connectivity index (χ0) is 9.97. The standard InChI is InChI=1S/C11H13FOS/c12-9-3-5-10(6-4-9)14-7-11(13)8-1-2-8/h3-6,8,11,13H,1-2,7H2. The third-order valence-corrected chi connectivity index (χ3v) is 3.51. The number of hydrogen-bond donors (Lipinski definition) is 1. The zero-order valence-electron chi connectivity index (χ0n) is 7.82. The first-order valence-corrected chi connectivity index (χ1v) is 5.81. The second-order valence-corrected chi connectivity index (χ2v) is 4.76. The first kappa shape index (κ1) is 9.99. The summed E-state index contributed by atoms with van der Waals surface area (Å²) >= 11 is 1.59. The van der Waals surface area contributed by atoms with Gasteiger partial charge in [0.05, 0.1) is 6.10 Å². The topological polar surface area (TPSA) is 20.2 Å². The average molecular weight is 212 g/mol. The molecule has 14 heavy (non-hydrogen) atoms. The molecule has 1 N–H and O–H groups in total. The van der Waals surface area contributed by atoms with Gasteiger partial charge in [0.2, 0.25) is 0 Å². The minimum absolute atomic E-state index is 0.190. The Bertz CT molecular complexity index is 295. The van der Waals surface area contributed by atoms with Gasteiger partial charge >= 0.3 is 0 Å². The Balaban J connectivity index is 1.82. The quantitative estimate of drug-likeness (QED) is 0.774. The molecule has 3 heteroatoms. The molecule has 1 aliphatic rings. The summed E-state index contributed by atoms with van der Waals surface area (Å²) in [4.78, 5) is 1.02. The molecule has 2 rings (SSSR count). The molecule has 0 saturated heterocycles. The van der Waals surface area contributed by atoms with Crippen molar-refractivity contribution in [3.05, 3.63) is 30.1 Å². The van der Waals surface area contributed by atoms with Crippen LogP contribution in [0.1, 0.15) is 12.8 Å². The smallest absolute Gasteiger partial charge is 0.123 e. The number of hydrogen-bond acceptors (Lipinski definition) is 2. The fourth-order valence-corrected chi connectivity index (χ4v) is 2.29. The number of halogens is 1. The second-order valence-electron chi connectivity index (χ2n) is 3.67. The van der Waals surface area contributed by atoms with Crippen molar-refractivity contribution in [1.82, 2.24) is 0 Å². The highest BCUT2D eigenvalue weighted by Gasteiger charge is 2.29. The van der Waals surface area contributed by atoms with Crippen molar-refractivity contribution in [3.63, 3.8) is 0 Å². The van der Waals surface area contributed by atoms with Gasteiger partial charge in [0, 0.05) is 10.6 Å². The molecule has 0 radical (unpaired) electrons. The Morgan fingerprint density at radius 2 is 2.00 bits per heavy atom. The molecule has 1 aliphatic carbocycles. The molecule has 0 aromatic heterocycles. The summed E-state index contributed by atoms with van der Waals surface area (Å²) in [5, 5.41) is 9.61. The SMILES string of the molecule is OC(CSc1ccc(F)cc1)C1CC1. The van der Waals surface area contributed by atoms with Crippen molar-refractivity contribution < 1.29 is 9.50 Å². The highest BCUT2D eigenvalue weighted by Crippen LogP contribution is 2.34. The van der Waals surface area contributed by atoms with Crippen LogP contribution in [0, 0.1) is 11.7 Å². The van der Waals surface area contributed by atoms with Crippen LogP contribution in [0.2, 0.25) is 0 Å². The highest BCUT2D eigenvalue weighted by molar-refractivity contribution is 7.99. The number of thioether (sulfide) groups is 1. The molecule has 1 aromatic rings. The molecule has 0 heterocycles. The van der Waals surface area contributed by atoms with E-state index in [0.29, 0.717) is 5.92 Å². The number of rotatable bonds is 4. The van der Waals surface area contributed by atoms with Crippen molar-refractivity contribution in [2.45, 2.75) is 23.8 Å². The lowest BCUT2D eigenvalue weighted by atomic mass is 10.3. The van der Waals surface area contributed by atoms with Crippen LogP contribution in [0.15, 0.2) is 29.2 Å². The predicted octanol–water partition coefficient (Wildman–Crippen LogP) is 2.69. The molecule has 0 amide bonds. The maximum atomic E-state index is 12.6. The van der Waals surface area contributed by atoms with E-state index in [1.807, 2.05) is 0 Å². The van der Waals surface area contributed by atoms with E-state index in [1.54, 1.807) is 23.9 Å². The summed E-state index contributed by atoms with van der Waals surface area (Å²) in [6.07, 6.45) is 2.13. The van der Waals surface area contributed by atoms with Crippen molar-refractivity contribution in [3.8, 4) is 0 Å². The van der Waals surface area contributed by atoms with Crippen LogP contribution >= 0.6 is 11.8 Å². The molecule has 0 spiro atoms. The molecule has 1 fully saturated rings. The van der Waals surface area contributed by atoms with Crippen LogP contribution < -0.4 is 0 Å². The third-order valence-electron chi connectivity index (χ3n) is 2.40. The van der Waals surface area contributed by atoms with Crippen LogP contribution in [0.3, 0.4) is 0 Å². The van der Waals surface area contributed by atoms with Gasteiger partial charge in [-0.25, -0.2) is 4.39 Å². The van der Waals surface area contributed by atoms with Gasteiger partial charge in [0.15, 0.2) is 0 Å². The van der Waals surface area contributed by atoms with E-state index in [4.69, 9.17) is 0 Å². The summed E-state index contributed by atoms with van der Waals surface area (Å²) in [6, 6.07) is 6.40. The van der Waals surface area contributed by atoms with Gasteiger partial charge in [-0.2, -0.15) is 0 Å². The van der Waals surface area contributed by atoms with Gasteiger partial charge in [0.25, 0.3) is 0 Å². The maximum Gasteiger partial charge on any atom is 0.123 e. The monoisotopic (exact) mass is 212 g/mol. The van der Waals surface area contributed by atoms with Crippen molar-refractivity contribution in [2.75, 3.05) is 5.75 Å². The van der Waals surface area contributed by atoms with Gasteiger partial charge in [-0.3, -0.25) is 0 Å². The lowest BCUT2D eigenvalue weighted by molar-refractivity contribution is 0.176. The number of aliphatic hydroxyl groups is 1. The highest BCUT2D eigenvalue weighted by atomic mass is 32.2. The molecule has 1 aromatic carbocycles. The molecular weight excluding hydrogens is 199 g/mol. The lowest BCUT2D eigenvalue weighted by Gasteiger charge is -2.07. The van der Waals surface area contributed by atoms with E-state index in [1.165, 1.54) is 12.1 Å². The minimum Gasteiger partial charge on any atom is -0.392 e. The van der Waals surface area contributed by atoms with Gasteiger partial charge in [-0.1, -0.05) is 0 Å². The first-order chi connectivity index (χ1) is 6.75. The Hall–Kier alpha value is -0.540. The molecule has 76 valence electrons. The van der Waals surface area contributed by atoms with Crippen LogP contribution in [0.4, 0.5) is 4.39 Å². The molecule has 1 unspecified atom stereocenters. The van der Waals surface area contributed by atoms with E-state index < -0.39 is 0 Å². The second kappa shape index (κ2) is 4.32. The third kappa shape index (κ3) is 2.72. The van der Waals surface area contributed by atoms with Crippen molar-refractivity contribution in [1.29, 1.82) is 0 Å². The summed E-state index contributed by atoms with van der Waals surface area (Å²) in [5.74, 6) is 1.02. The first-order valence-electron chi connectivity index (χ1n) is 4.82. The number of aliphatic hydroxyl groups excluding tert-OH is 1. The Kier molecular flexibility index (Phi) is 3.08. The summed E-state index contributed by atoms with van der Waals surface area (Å²) in [6.45, 7) is 0. The van der Waals surface area contributed by atoms with Crippen molar-refractivity contribution in [2.24, 2.45) is 5.92 Å². The number of benzene rings is 1. The van der Waals surface area contributed by atoms with E-state index in [0.717, 1.165) is 23.5 Å². The van der Waals surface area contributed by atoms with Gasteiger partial charge in [0.1, 0.15) is 5.82 Å². The van der Waals surface area contributed by atoms with Crippen LogP contribution in [-0.4, -0.2) is 17.0 Å². The van der Waals surface area contributed by atoms with E-state index in [2.05, 4.69) is 0 Å². The fourth-order valence-electron chi connectivity index (χ4n) is 1.33. The predicted molar refractivity (Wildman–Crippen MR) is 55.9 cm³/mol. The minimum atomic E-state index is -0.211. The van der Waals surface area contributed by atoms with Gasteiger partial charge < -0.3 is 5.11 Å². The summed E-state index contributed by atoms with van der Waals surface area (Å²) < 4.78 is 12.6. The van der Waals surface area contributed by atoms with Gasteiger partial charge in [-0.15, -0.1) is 11.8 Å².